The number of nitrogens with zero attached hydrogens (tertiary/aromatic N) is 2. The maximum atomic E-state index is 12.2. The molecule has 0 radical (unpaired) electrons. The molecule has 0 saturated carbocycles. The van der Waals surface area contributed by atoms with Crippen molar-refractivity contribution in [3.05, 3.63) is 27.0 Å². The standard InChI is InChI=1S/C28H49N3O6/c1-2-3-4-5-6-7-8-9-10-11-12-13-14-15-16-20-26(34)36-22-23-18-17-19-24(32)27(37-23)31-28(35)30-25(33)21-29-31/h21,23-24,27,32H,2-20,22H2,1H3,(H,30,33,35)/t23-,24?,27+/m0/s1. The Labute approximate surface area is 221 Å². The molecule has 9 heteroatoms. The lowest BCUT2D eigenvalue weighted by Gasteiger charge is -2.24. The number of aromatic nitrogens is 3. The summed E-state index contributed by atoms with van der Waals surface area (Å²) < 4.78 is 12.2. The predicted molar refractivity (Wildman–Crippen MR) is 143 cm³/mol. The van der Waals surface area contributed by atoms with E-state index in [9.17, 15) is 19.5 Å². The molecule has 3 atom stereocenters. The largest absolute Gasteiger partial charge is 0.463 e. The second-order valence-electron chi connectivity index (χ2n) is 10.4. The first-order chi connectivity index (χ1) is 18.0. The highest BCUT2D eigenvalue weighted by Crippen LogP contribution is 2.25. The number of esters is 1. The number of rotatable bonds is 19. The normalized spacial score (nSPS) is 20.0. The van der Waals surface area contributed by atoms with Gasteiger partial charge in [-0.05, 0) is 25.7 Å². The number of hydrogen-bond donors (Lipinski definition) is 2. The van der Waals surface area contributed by atoms with Gasteiger partial charge in [0.2, 0.25) is 0 Å². The van der Waals surface area contributed by atoms with E-state index < -0.39 is 29.7 Å². The smallest absolute Gasteiger partial charge is 0.347 e. The van der Waals surface area contributed by atoms with E-state index in [0.717, 1.165) is 30.1 Å². The van der Waals surface area contributed by atoms with E-state index in [1.807, 2.05) is 0 Å². The molecule has 212 valence electrons. The molecule has 0 aliphatic carbocycles. The molecule has 1 unspecified atom stereocenters. The van der Waals surface area contributed by atoms with Crippen molar-refractivity contribution in [2.75, 3.05) is 6.61 Å². The Morgan fingerprint density at radius 1 is 0.973 bits per heavy atom. The summed E-state index contributed by atoms with van der Waals surface area (Å²) in [6, 6.07) is 0. The molecule has 1 fully saturated rings. The molecule has 1 aromatic heterocycles. The van der Waals surface area contributed by atoms with Crippen LogP contribution in [0, 0.1) is 0 Å². The van der Waals surface area contributed by atoms with Gasteiger partial charge in [-0.2, -0.15) is 9.78 Å². The van der Waals surface area contributed by atoms with Crippen molar-refractivity contribution in [1.82, 2.24) is 14.8 Å². The van der Waals surface area contributed by atoms with Crippen LogP contribution in [0.5, 0.6) is 0 Å². The molecule has 0 bridgehead atoms. The third-order valence-electron chi connectivity index (χ3n) is 7.08. The van der Waals surface area contributed by atoms with E-state index in [2.05, 4.69) is 17.0 Å². The van der Waals surface area contributed by atoms with E-state index in [0.29, 0.717) is 25.7 Å². The average Bonchev–Trinajstić information content (AvgIpc) is 3.06. The van der Waals surface area contributed by atoms with Crippen LogP contribution in [-0.4, -0.2) is 44.7 Å². The van der Waals surface area contributed by atoms with E-state index in [4.69, 9.17) is 9.47 Å². The van der Waals surface area contributed by atoms with Gasteiger partial charge in [-0.3, -0.25) is 14.6 Å². The van der Waals surface area contributed by atoms with Gasteiger partial charge in [0, 0.05) is 6.42 Å². The van der Waals surface area contributed by atoms with Crippen LogP contribution in [0.3, 0.4) is 0 Å². The Balaban J connectivity index is 1.50. The molecule has 0 aromatic carbocycles. The first kappa shape index (κ1) is 31.2. The maximum Gasteiger partial charge on any atom is 0.347 e. The van der Waals surface area contributed by atoms with Crippen molar-refractivity contribution in [2.24, 2.45) is 0 Å². The number of H-pyrrole nitrogens is 1. The zero-order valence-corrected chi connectivity index (χ0v) is 22.8. The van der Waals surface area contributed by atoms with E-state index in [-0.39, 0.29) is 12.6 Å². The van der Waals surface area contributed by atoms with Crippen LogP contribution in [0.15, 0.2) is 15.8 Å². The van der Waals surface area contributed by atoms with Gasteiger partial charge in [-0.15, -0.1) is 0 Å². The summed E-state index contributed by atoms with van der Waals surface area (Å²) in [7, 11) is 0. The number of ether oxygens (including phenoxy) is 2. The Hall–Kier alpha value is -2.00. The molecular formula is C28H49N3O6. The highest BCUT2D eigenvalue weighted by molar-refractivity contribution is 5.69. The Morgan fingerprint density at radius 3 is 2.11 bits per heavy atom. The lowest BCUT2D eigenvalue weighted by molar-refractivity contribution is -0.158. The molecule has 2 heterocycles. The van der Waals surface area contributed by atoms with E-state index in [1.54, 1.807) is 0 Å². The molecule has 37 heavy (non-hydrogen) atoms. The molecule has 0 spiro atoms. The zero-order valence-electron chi connectivity index (χ0n) is 22.8. The summed E-state index contributed by atoms with van der Waals surface area (Å²) in [4.78, 5) is 37.6. The van der Waals surface area contributed by atoms with Crippen LogP contribution in [0.1, 0.15) is 135 Å². The Kier molecular flexibility index (Phi) is 16.1. The topological polar surface area (TPSA) is 124 Å². The van der Waals surface area contributed by atoms with Crippen molar-refractivity contribution >= 4 is 5.97 Å². The van der Waals surface area contributed by atoms with Crippen molar-refractivity contribution in [3.63, 3.8) is 0 Å². The van der Waals surface area contributed by atoms with Gasteiger partial charge in [0.05, 0.1) is 6.10 Å². The molecule has 0 amide bonds. The number of carbonyl (C=O) groups is 1. The zero-order chi connectivity index (χ0) is 26.7. The fourth-order valence-corrected chi connectivity index (χ4v) is 4.84. The van der Waals surface area contributed by atoms with Crippen LogP contribution in [-0.2, 0) is 14.3 Å². The lowest BCUT2D eigenvalue weighted by Crippen LogP contribution is -2.41. The van der Waals surface area contributed by atoms with Crippen molar-refractivity contribution in [1.29, 1.82) is 0 Å². The Morgan fingerprint density at radius 2 is 1.54 bits per heavy atom. The molecule has 1 saturated heterocycles. The average molecular weight is 524 g/mol. The van der Waals surface area contributed by atoms with E-state index in [1.165, 1.54) is 77.0 Å². The summed E-state index contributed by atoms with van der Waals surface area (Å²) in [5.41, 5.74) is -1.36. The number of nitrogens with one attached hydrogen (secondary N) is 1. The first-order valence-corrected chi connectivity index (χ1v) is 14.7. The van der Waals surface area contributed by atoms with Crippen LogP contribution in [0.4, 0.5) is 0 Å². The van der Waals surface area contributed by atoms with Gasteiger partial charge in [0.25, 0.3) is 5.56 Å². The number of unbranched alkanes of at least 4 members (excludes halogenated alkanes) is 14. The summed E-state index contributed by atoms with van der Waals surface area (Å²) in [6.45, 7) is 2.33. The summed E-state index contributed by atoms with van der Waals surface area (Å²) in [5, 5.41) is 14.2. The highest BCUT2D eigenvalue weighted by atomic mass is 16.6. The van der Waals surface area contributed by atoms with Crippen LogP contribution in [0.2, 0.25) is 0 Å². The minimum absolute atomic E-state index is 0.0684. The fourth-order valence-electron chi connectivity index (χ4n) is 4.84. The molecule has 9 nitrogen and oxygen atoms in total. The number of hydrogen-bond acceptors (Lipinski definition) is 7. The molecule has 1 aliphatic rings. The van der Waals surface area contributed by atoms with Crippen molar-refractivity contribution in [3.8, 4) is 0 Å². The van der Waals surface area contributed by atoms with Crippen LogP contribution >= 0.6 is 0 Å². The SMILES string of the molecule is CCCCCCCCCCCCCCCCCC(=O)OC[C@@H]1CCCC(O)[C@H](n2ncc(=O)[nH]c2=O)O1. The van der Waals surface area contributed by atoms with Gasteiger partial charge in [0.15, 0.2) is 6.23 Å². The summed E-state index contributed by atoms with van der Waals surface area (Å²) in [6.07, 6.45) is 19.8. The third kappa shape index (κ3) is 13.4. The number of aromatic amines is 1. The van der Waals surface area contributed by atoms with Gasteiger partial charge >= 0.3 is 11.7 Å². The third-order valence-corrected chi connectivity index (χ3v) is 7.08. The number of aliphatic hydroxyl groups is 1. The molecule has 2 rings (SSSR count). The van der Waals surface area contributed by atoms with Gasteiger partial charge < -0.3 is 14.6 Å². The monoisotopic (exact) mass is 523 g/mol. The quantitative estimate of drug-likeness (QED) is 0.189. The molecule has 1 aromatic rings. The second-order valence-corrected chi connectivity index (χ2v) is 10.4. The molecule has 2 N–H and O–H groups in total. The molecular weight excluding hydrogens is 474 g/mol. The highest BCUT2D eigenvalue weighted by Gasteiger charge is 2.31. The van der Waals surface area contributed by atoms with E-state index >= 15 is 0 Å². The van der Waals surface area contributed by atoms with Crippen LogP contribution < -0.4 is 11.2 Å². The van der Waals surface area contributed by atoms with Gasteiger partial charge in [-0.25, -0.2) is 4.79 Å². The Bertz CT molecular complexity index is 855. The van der Waals surface area contributed by atoms with Gasteiger partial charge in [-0.1, -0.05) is 96.8 Å². The molecule has 1 aliphatic heterocycles. The number of aliphatic hydroxyl groups excluding tert-OH is 1. The first-order valence-electron chi connectivity index (χ1n) is 14.7. The summed E-state index contributed by atoms with van der Waals surface area (Å²) in [5.74, 6) is -0.251. The lowest BCUT2D eigenvalue weighted by atomic mass is 10.0. The predicted octanol–water partition coefficient (Wildman–Crippen LogP) is 5.16. The fraction of sp³-hybridized carbons (Fsp3) is 0.857. The van der Waals surface area contributed by atoms with Crippen LogP contribution in [0.25, 0.3) is 0 Å². The minimum Gasteiger partial charge on any atom is -0.463 e. The second kappa shape index (κ2) is 19.1. The van der Waals surface area contributed by atoms with Crippen molar-refractivity contribution in [2.45, 2.75) is 147 Å². The van der Waals surface area contributed by atoms with Gasteiger partial charge in [0.1, 0.15) is 18.9 Å². The maximum absolute atomic E-state index is 12.2. The number of carbonyl (C=O) groups excluding carboxylic acids is 1. The summed E-state index contributed by atoms with van der Waals surface area (Å²) >= 11 is 0. The minimum atomic E-state index is -1.04. The van der Waals surface area contributed by atoms with Crippen molar-refractivity contribution < 1.29 is 19.4 Å².